The molecule has 0 radical (unpaired) electrons. The van der Waals surface area contributed by atoms with Gasteiger partial charge < -0.3 is 5.32 Å². The Morgan fingerprint density at radius 1 is 1.18 bits per heavy atom. The summed E-state index contributed by atoms with van der Waals surface area (Å²) < 4.78 is 0. The first-order chi connectivity index (χ1) is 10.6. The van der Waals surface area contributed by atoms with Crippen LogP contribution in [0.5, 0.6) is 0 Å². The lowest BCUT2D eigenvalue weighted by atomic mass is 10.1. The van der Waals surface area contributed by atoms with Gasteiger partial charge in [-0.2, -0.15) is 0 Å². The Balaban J connectivity index is 1.74. The molecule has 2 aromatic rings. The van der Waals surface area contributed by atoms with Gasteiger partial charge in [0.15, 0.2) is 0 Å². The first kappa shape index (κ1) is 16.1. The minimum Gasteiger partial charge on any atom is -0.345 e. The van der Waals surface area contributed by atoms with E-state index in [2.05, 4.69) is 17.2 Å². The lowest BCUT2D eigenvalue weighted by Crippen LogP contribution is -2.23. The molecule has 3 heteroatoms. The van der Waals surface area contributed by atoms with E-state index in [1.165, 1.54) is 0 Å². The van der Waals surface area contributed by atoms with Gasteiger partial charge in [-0.25, -0.2) is 0 Å². The molecule has 0 saturated heterocycles. The highest BCUT2D eigenvalue weighted by molar-refractivity contribution is 6.31. The fraction of sp³-hybridized carbons (Fsp3) is 0.211. The largest absolute Gasteiger partial charge is 0.345 e. The molecule has 0 bridgehead atoms. The molecule has 1 N–H and O–H groups in total. The van der Waals surface area contributed by atoms with Crippen molar-refractivity contribution < 1.29 is 4.79 Å². The zero-order valence-corrected chi connectivity index (χ0v) is 13.3. The maximum absolute atomic E-state index is 11.8. The molecule has 112 valence electrons. The van der Waals surface area contributed by atoms with Gasteiger partial charge in [0.2, 0.25) is 5.91 Å². The predicted octanol–water partition coefficient (Wildman–Crippen LogP) is 3.75. The van der Waals surface area contributed by atoms with E-state index in [1.807, 2.05) is 55.5 Å². The Kier molecular flexibility index (Phi) is 6.06. The zero-order valence-electron chi connectivity index (χ0n) is 12.5. The Bertz CT molecular complexity index is 698. The molecule has 22 heavy (non-hydrogen) atoms. The lowest BCUT2D eigenvalue weighted by Gasteiger charge is -2.04. The van der Waals surface area contributed by atoms with E-state index in [0.717, 1.165) is 21.7 Å². The number of nitrogens with one attached hydrogen (secondary N) is 1. The molecule has 0 aliphatic carbocycles. The summed E-state index contributed by atoms with van der Waals surface area (Å²) >= 11 is 6.07. The average molecular weight is 312 g/mol. The number of carbonyl (C=O) groups is 1. The molecule has 0 atom stereocenters. The van der Waals surface area contributed by atoms with E-state index in [1.54, 1.807) is 0 Å². The Labute approximate surface area is 136 Å². The van der Waals surface area contributed by atoms with Gasteiger partial charge in [0.1, 0.15) is 0 Å². The molecule has 2 aromatic carbocycles. The van der Waals surface area contributed by atoms with E-state index < -0.39 is 0 Å². The second-order valence-corrected chi connectivity index (χ2v) is 5.44. The van der Waals surface area contributed by atoms with Gasteiger partial charge in [0, 0.05) is 17.0 Å². The SMILES string of the molecule is Cc1ccc(CCC(=O)NCC#Cc2ccccc2)cc1Cl. The lowest BCUT2D eigenvalue weighted by molar-refractivity contribution is -0.120. The first-order valence-corrected chi connectivity index (χ1v) is 7.58. The standard InChI is InChI=1S/C19H18ClNO/c1-15-9-10-17(14-18(15)20)11-12-19(22)21-13-5-8-16-6-3-2-4-7-16/h2-4,6-7,9-10,14H,11-13H2,1H3,(H,21,22). The number of hydrogen-bond donors (Lipinski definition) is 1. The van der Waals surface area contributed by atoms with Gasteiger partial charge in [-0.15, -0.1) is 0 Å². The molecule has 0 heterocycles. The highest BCUT2D eigenvalue weighted by atomic mass is 35.5. The van der Waals surface area contributed by atoms with Crippen LogP contribution in [-0.2, 0) is 11.2 Å². The molecule has 2 nitrogen and oxygen atoms in total. The molecular weight excluding hydrogens is 294 g/mol. The van der Waals surface area contributed by atoms with Crippen molar-refractivity contribution in [3.05, 3.63) is 70.2 Å². The maximum atomic E-state index is 11.8. The van der Waals surface area contributed by atoms with Crippen molar-refractivity contribution in [2.45, 2.75) is 19.8 Å². The van der Waals surface area contributed by atoms with Gasteiger partial charge in [0.05, 0.1) is 6.54 Å². The van der Waals surface area contributed by atoms with Crippen LogP contribution < -0.4 is 5.32 Å². The van der Waals surface area contributed by atoms with Crippen LogP contribution in [-0.4, -0.2) is 12.5 Å². The summed E-state index contributed by atoms with van der Waals surface area (Å²) in [6, 6.07) is 15.6. The van der Waals surface area contributed by atoms with E-state index in [-0.39, 0.29) is 5.91 Å². The third-order valence-corrected chi connectivity index (χ3v) is 3.66. The molecular formula is C19H18ClNO. The fourth-order valence-electron chi connectivity index (χ4n) is 1.95. The molecule has 0 aliphatic heterocycles. The summed E-state index contributed by atoms with van der Waals surface area (Å²) in [5.41, 5.74) is 3.07. The molecule has 0 saturated carbocycles. The molecule has 0 spiro atoms. The van der Waals surface area contributed by atoms with Gasteiger partial charge in [0.25, 0.3) is 0 Å². The van der Waals surface area contributed by atoms with Crippen LogP contribution in [0.15, 0.2) is 48.5 Å². The van der Waals surface area contributed by atoms with Crippen molar-refractivity contribution in [2.24, 2.45) is 0 Å². The summed E-state index contributed by atoms with van der Waals surface area (Å²) in [7, 11) is 0. The quantitative estimate of drug-likeness (QED) is 0.856. The Morgan fingerprint density at radius 2 is 1.95 bits per heavy atom. The van der Waals surface area contributed by atoms with Crippen LogP contribution in [0.4, 0.5) is 0 Å². The zero-order chi connectivity index (χ0) is 15.8. The molecule has 0 aliphatic rings. The van der Waals surface area contributed by atoms with E-state index in [0.29, 0.717) is 19.4 Å². The third kappa shape index (κ3) is 5.27. The second-order valence-electron chi connectivity index (χ2n) is 5.03. The number of aryl methyl sites for hydroxylation is 2. The molecule has 0 unspecified atom stereocenters. The number of carbonyl (C=O) groups excluding carboxylic acids is 1. The van der Waals surface area contributed by atoms with Crippen LogP contribution >= 0.6 is 11.6 Å². The van der Waals surface area contributed by atoms with Crippen LogP contribution in [0.3, 0.4) is 0 Å². The summed E-state index contributed by atoms with van der Waals surface area (Å²) in [6.45, 7) is 2.33. The predicted molar refractivity (Wildman–Crippen MR) is 90.8 cm³/mol. The molecule has 2 rings (SSSR count). The number of amides is 1. The average Bonchev–Trinajstić information content (AvgIpc) is 2.54. The molecule has 0 aromatic heterocycles. The minimum absolute atomic E-state index is 0.000871. The van der Waals surface area contributed by atoms with Gasteiger partial charge in [-0.05, 0) is 42.7 Å². The van der Waals surface area contributed by atoms with Crippen LogP contribution in [0.2, 0.25) is 5.02 Å². The smallest absolute Gasteiger partial charge is 0.221 e. The van der Waals surface area contributed by atoms with Crippen LogP contribution in [0, 0.1) is 18.8 Å². The van der Waals surface area contributed by atoms with Crippen molar-refractivity contribution in [1.82, 2.24) is 5.32 Å². The summed E-state index contributed by atoms with van der Waals surface area (Å²) in [6.07, 6.45) is 1.12. The van der Waals surface area contributed by atoms with Crippen LogP contribution in [0.25, 0.3) is 0 Å². The van der Waals surface area contributed by atoms with Crippen molar-refractivity contribution in [2.75, 3.05) is 6.54 Å². The highest BCUT2D eigenvalue weighted by Crippen LogP contribution is 2.17. The monoisotopic (exact) mass is 311 g/mol. The third-order valence-electron chi connectivity index (χ3n) is 3.26. The Hall–Kier alpha value is -2.24. The normalized spacial score (nSPS) is 9.73. The van der Waals surface area contributed by atoms with Crippen LogP contribution in [0.1, 0.15) is 23.1 Å². The first-order valence-electron chi connectivity index (χ1n) is 7.21. The number of halogens is 1. The highest BCUT2D eigenvalue weighted by Gasteiger charge is 2.02. The van der Waals surface area contributed by atoms with E-state index in [9.17, 15) is 4.79 Å². The van der Waals surface area contributed by atoms with Crippen molar-refractivity contribution >= 4 is 17.5 Å². The summed E-state index contributed by atoms with van der Waals surface area (Å²) in [4.78, 5) is 11.8. The van der Waals surface area contributed by atoms with Crippen molar-refractivity contribution in [3.63, 3.8) is 0 Å². The fourth-order valence-corrected chi connectivity index (χ4v) is 2.15. The Morgan fingerprint density at radius 3 is 2.68 bits per heavy atom. The van der Waals surface area contributed by atoms with Gasteiger partial charge >= 0.3 is 0 Å². The maximum Gasteiger partial charge on any atom is 0.221 e. The molecule has 0 fully saturated rings. The number of rotatable bonds is 4. The van der Waals surface area contributed by atoms with Crippen molar-refractivity contribution in [1.29, 1.82) is 0 Å². The summed E-state index contributed by atoms with van der Waals surface area (Å²) in [5.74, 6) is 5.95. The van der Waals surface area contributed by atoms with E-state index in [4.69, 9.17) is 11.6 Å². The number of hydrogen-bond acceptors (Lipinski definition) is 1. The van der Waals surface area contributed by atoms with E-state index >= 15 is 0 Å². The summed E-state index contributed by atoms with van der Waals surface area (Å²) in [5, 5.41) is 3.55. The van der Waals surface area contributed by atoms with Gasteiger partial charge in [-0.3, -0.25) is 4.79 Å². The number of benzene rings is 2. The van der Waals surface area contributed by atoms with Crippen molar-refractivity contribution in [3.8, 4) is 11.8 Å². The minimum atomic E-state index is -0.000871. The molecule has 1 amide bonds. The van der Waals surface area contributed by atoms with Gasteiger partial charge in [-0.1, -0.05) is 53.8 Å². The topological polar surface area (TPSA) is 29.1 Å². The second kappa shape index (κ2) is 8.26.